The van der Waals surface area contributed by atoms with Gasteiger partial charge in [0.05, 0.1) is 11.4 Å². The van der Waals surface area contributed by atoms with E-state index in [4.69, 9.17) is 5.73 Å². The van der Waals surface area contributed by atoms with Crippen molar-refractivity contribution in [3.05, 3.63) is 41.3 Å². The monoisotopic (exact) mass is 541 g/mol. The first-order valence-corrected chi connectivity index (χ1v) is 10.4. The van der Waals surface area contributed by atoms with Gasteiger partial charge in [0.2, 0.25) is 0 Å². The molecular weight excluding hydrogens is 508 g/mol. The molecule has 7 nitrogen and oxygen atoms in total. The van der Waals surface area contributed by atoms with Crippen LogP contribution in [0.4, 0.5) is 10.2 Å². The van der Waals surface area contributed by atoms with Crippen LogP contribution in [0, 0.1) is 23.1 Å². The van der Waals surface area contributed by atoms with Crippen molar-refractivity contribution < 1.29 is 4.39 Å². The van der Waals surface area contributed by atoms with Crippen molar-refractivity contribution in [3.63, 3.8) is 0 Å². The maximum Gasteiger partial charge on any atom is 0.190 e. The molecule has 31 heavy (non-hydrogen) atoms. The van der Waals surface area contributed by atoms with Gasteiger partial charge in [-0.1, -0.05) is 26.7 Å². The molecule has 170 valence electrons. The zero-order valence-electron chi connectivity index (χ0n) is 18.5. The molecule has 0 aliphatic rings. The molecule has 0 bridgehead atoms. The van der Waals surface area contributed by atoms with Gasteiger partial charge < -0.3 is 16.4 Å². The number of aromatic nitrogens is 2. The number of aliphatic imine (C=N–C) groups is 1. The second kappa shape index (κ2) is 13.9. The average molecular weight is 541 g/mol. The van der Waals surface area contributed by atoms with Gasteiger partial charge in [0.1, 0.15) is 23.3 Å². The van der Waals surface area contributed by atoms with E-state index in [1.54, 1.807) is 19.2 Å². The zero-order valence-corrected chi connectivity index (χ0v) is 20.8. The summed E-state index contributed by atoms with van der Waals surface area (Å²) in [5.74, 6) is 1.45. The number of benzene rings is 1. The van der Waals surface area contributed by atoms with Crippen LogP contribution in [0.25, 0.3) is 5.69 Å². The van der Waals surface area contributed by atoms with Crippen LogP contribution in [-0.2, 0) is 6.42 Å². The van der Waals surface area contributed by atoms with E-state index in [2.05, 4.69) is 40.6 Å². The number of hydrogen-bond acceptors (Lipinski definition) is 4. The van der Waals surface area contributed by atoms with Crippen LogP contribution in [0.1, 0.15) is 50.8 Å². The van der Waals surface area contributed by atoms with Gasteiger partial charge in [0, 0.05) is 20.1 Å². The van der Waals surface area contributed by atoms with E-state index in [-0.39, 0.29) is 35.6 Å². The Balaban J connectivity index is 0.00000480. The number of nitrogens with one attached hydrogen (secondary N) is 2. The third-order valence-electron chi connectivity index (χ3n) is 4.78. The Bertz CT molecular complexity index is 869. The van der Waals surface area contributed by atoms with E-state index in [1.165, 1.54) is 29.7 Å². The second-order valence-corrected chi connectivity index (χ2v) is 7.63. The summed E-state index contributed by atoms with van der Waals surface area (Å²) in [5, 5.41) is 20.6. The first kappa shape index (κ1) is 26.7. The SMILES string of the molecule is CN=C(NCCCCC(C)C)NCCCc1nn(-c2ccc(F)cc2)c(N)c1C#N.I. The Labute approximate surface area is 201 Å². The number of nitrogen functional groups attached to an aromatic ring is 1. The minimum atomic E-state index is -0.335. The number of nitrogens with zero attached hydrogens (tertiary/aromatic N) is 4. The van der Waals surface area contributed by atoms with Gasteiger partial charge in [-0.05, 0) is 49.4 Å². The van der Waals surface area contributed by atoms with E-state index in [9.17, 15) is 9.65 Å². The van der Waals surface area contributed by atoms with Crippen molar-refractivity contribution in [2.24, 2.45) is 10.9 Å². The molecule has 0 fully saturated rings. The lowest BCUT2D eigenvalue weighted by Crippen LogP contribution is -2.38. The largest absolute Gasteiger partial charge is 0.382 e. The summed E-state index contributed by atoms with van der Waals surface area (Å²) in [5.41, 5.74) is 7.72. The molecule has 2 rings (SSSR count). The summed E-state index contributed by atoms with van der Waals surface area (Å²) in [4.78, 5) is 4.24. The predicted octanol–water partition coefficient (Wildman–Crippen LogP) is 4.01. The summed E-state index contributed by atoms with van der Waals surface area (Å²) in [6.45, 7) is 6.06. The number of nitriles is 1. The minimum absolute atomic E-state index is 0. The van der Waals surface area contributed by atoms with Gasteiger partial charge in [-0.3, -0.25) is 4.99 Å². The molecule has 0 saturated carbocycles. The number of rotatable bonds is 10. The molecule has 2 aromatic rings. The molecule has 0 aliphatic carbocycles. The standard InChI is InChI=1S/C22H32FN7.HI/c1-16(2)7-4-5-13-27-22(26-3)28-14-6-8-20-19(15-24)21(25)30(29-20)18-11-9-17(23)10-12-18;/h9-12,16H,4-8,13-14,25H2,1-3H3,(H2,26,27,28);1H. The summed E-state index contributed by atoms with van der Waals surface area (Å²) in [6.07, 6.45) is 4.92. The number of guanidine groups is 1. The fourth-order valence-corrected chi connectivity index (χ4v) is 3.12. The maximum absolute atomic E-state index is 13.2. The Morgan fingerprint density at radius 2 is 1.84 bits per heavy atom. The van der Waals surface area contributed by atoms with Gasteiger partial charge >= 0.3 is 0 Å². The third kappa shape index (κ3) is 8.36. The van der Waals surface area contributed by atoms with Gasteiger partial charge in [0.15, 0.2) is 5.96 Å². The van der Waals surface area contributed by atoms with Crippen LogP contribution >= 0.6 is 24.0 Å². The van der Waals surface area contributed by atoms with Crippen LogP contribution < -0.4 is 16.4 Å². The number of halogens is 2. The van der Waals surface area contributed by atoms with Crippen LogP contribution in [0.5, 0.6) is 0 Å². The summed E-state index contributed by atoms with van der Waals surface area (Å²) in [6, 6.07) is 7.99. The van der Waals surface area contributed by atoms with Crippen molar-refractivity contribution in [1.82, 2.24) is 20.4 Å². The summed E-state index contributed by atoms with van der Waals surface area (Å²) < 4.78 is 14.7. The molecule has 0 spiro atoms. The van der Waals surface area contributed by atoms with Gasteiger partial charge in [-0.25, -0.2) is 9.07 Å². The van der Waals surface area contributed by atoms with E-state index < -0.39 is 0 Å². The molecule has 9 heteroatoms. The molecule has 1 heterocycles. The van der Waals surface area contributed by atoms with Crippen molar-refractivity contribution in [2.75, 3.05) is 25.9 Å². The number of anilines is 1. The molecule has 0 saturated heterocycles. The second-order valence-electron chi connectivity index (χ2n) is 7.63. The molecule has 0 aliphatic heterocycles. The van der Waals surface area contributed by atoms with E-state index >= 15 is 0 Å². The maximum atomic E-state index is 13.2. The zero-order chi connectivity index (χ0) is 21.9. The molecule has 0 radical (unpaired) electrons. The van der Waals surface area contributed by atoms with E-state index in [0.29, 0.717) is 29.9 Å². The molecule has 1 aromatic carbocycles. The van der Waals surface area contributed by atoms with Crippen molar-refractivity contribution in [2.45, 2.75) is 46.0 Å². The van der Waals surface area contributed by atoms with Crippen LogP contribution in [0.15, 0.2) is 29.3 Å². The van der Waals surface area contributed by atoms with Crippen molar-refractivity contribution >= 4 is 35.8 Å². The quantitative estimate of drug-likeness (QED) is 0.183. The highest BCUT2D eigenvalue weighted by molar-refractivity contribution is 14.0. The lowest BCUT2D eigenvalue weighted by molar-refractivity contribution is 0.534. The predicted molar refractivity (Wildman–Crippen MR) is 134 cm³/mol. The third-order valence-corrected chi connectivity index (χ3v) is 4.78. The van der Waals surface area contributed by atoms with E-state index in [0.717, 1.165) is 31.3 Å². The van der Waals surface area contributed by atoms with Crippen molar-refractivity contribution in [3.8, 4) is 11.8 Å². The highest BCUT2D eigenvalue weighted by atomic mass is 127. The summed E-state index contributed by atoms with van der Waals surface area (Å²) in [7, 11) is 1.75. The highest BCUT2D eigenvalue weighted by Crippen LogP contribution is 2.21. The van der Waals surface area contributed by atoms with Gasteiger partial charge in [-0.15, -0.1) is 24.0 Å². The normalized spacial score (nSPS) is 11.2. The number of hydrogen-bond donors (Lipinski definition) is 3. The number of unbranched alkanes of at least 4 members (excludes halogenated alkanes) is 1. The topological polar surface area (TPSA) is 104 Å². The fraction of sp³-hybridized carbons (Fsp3) is 0.500. The smallest absolute Gasteiger partial charge is 0.190 e. The first-order valence-electron chi connectivity index (χ1n) is 10.4. The molecule has 0 amide bonds. The number of nitrogens with two attached hydrogens (primary N) is 1. The molecule has 0 unspecified atom stereocenters. The average Bonchev–Trinajstić information content (AvgIpc) is 3.04. The van der Waals surface area contributed by atoms with E-state index in [1.807, 2.05) is 0 Å². The van der Waals surface area contributed by atoms with Crippen LogP contribution in [-0.4, -0.2) is 35.9 Å². The van der Waals surface area contributed by atoms with Gasteiger partial charge in [0.25, 0.3) is 0 Å². The Morgan fingerprint density at radius 3 is 2.42 bits per heavy atom. The Kier molecular flexibility index (Phi) is 11.9. The Morgan fingerprint density at radius 1 is 1.19 bits per heavy atom. The van der Waals surface area contributed by atoms with Gasteiger partial charge in [-0.2, -0.15) is 10.4 Å². The molecule has 0 atom stereocenters. The van der Waals surface area contributed by atoms with Crippen LogP contribution in [0.2, 0.25) is 0 Å². The molecule has 1 aromatic heterocycles. The van der Waals surface area contributed by atoms with Crippen LogP contribution in [0.3, 0.4) is 0 Å². The van der Waals surface area contributed by atoms with Crippen molar-refractivity contribution in [1.29, 1.82) is 5.26 Å². The first-order chi connectivity index (χ1) is 14.5. The lowest BCUT2D eigenvalue weighted by Gasteiger charge is -2.12. The fourth-order valence-electron chi connectivity index (χ4n) is 3.12. The minimum Gasteiger partial charge on any atom is -0.382 e. The Hall–Kier alpha value is -2.35. The highest BCUT2D eigenvalue weighted by Gasteiger charge is 2.16. The lowest BCUT2D eigenvalue weighted by atomic mass is 10.1. The molecule has 4 N–H and O–H groups in total. The molecular formula is C22H33FIN7. The summed E-state index contributed by atoms with van der Waals surface area (Å²) >= 11 is 0. The number of aryl methyl sites for hydroxylation is 1.